The SMILES string of the molecule is CCOC(C)(C)CNCc1nc2ccccc2n1CC. The predicted molar refractivity (Wildman–Crippen MR) is 82.8 cm³/mol. The van der Waals surface area contributed by atoms with E-state index in [1.807, 2.05) is 13.0 Å². The highest BCUT2D eigenvalue weighted by Gasteiger charge is 2.17. The van der Waals surface area contributed by atoms with Crippen LogP contribution in [0.3, 0.4) is 0 Å². The third kappa shape index (κ3) is 3.38. The van der Waals surface area contributed by atoms with E-state index in [0.717, 1.165) is 37.6 Å². The van der Waals surface area contributed by atoms with Crippen molar-refractivity contribution in [2.75, 3.05) is 13.2 Å². The van der Waals surface area contributed by atoms with Gasteiger partial charge in [-0.1, -0.05) is 12.1 Å². The van der Waals surface area contributed by atoms with Gasteiger partial charge in [-0.2, -0.15) is 0 Å². The number of hydrogen-bond donors (Lipinski definition) is 1. The average molecular weight is 275 g/mol. The molecule has 2 aromatic rings. The summed E-state index contributed by atoms with van der Waals surface area (Å²) >= 11 is 0. The number of imidazole rings is 1. The molecule has 0 unspecified atom stereocenters. The fraction of sp³-hybridized carbons (Fsp3) is 0.562. The number of rotatable bonds is 7. The van der Waals surface area contributed by atoms with Gasteiger partial charge in [0, 0.05) is 19.7 Å². The molecule has 1 aromatic heterocycles. The Labute approximate surface area is 121 Å². The van der Waals surface area contributed by atoms with E-state index in [4.69, 9.17) is 9.72 Å². The molecular weight excluding hydrogens is 250 g/mol. The Morgan fingerprint density at radius 3 is 2.70 bits per heavy atom. The Balaban J connectivity index is 2.06. The lowest BCUT2D eigenvalue weighted by Crippen LogP contribution is -2.37. The molecule has 4 nitrogen and oxygen atoms in total. The number of fused-ring (bicyclic) bond motifs is 1. The van der Waals surface area contributed by atoms with E-state index in [9.17, 15) is 0 Å². The van der Waals surface area contributed by atoms with Crippen molar-refractivity contribution < 1.29 is 4.74 Å². The summed E-state index contributed by atoms with van der Waals surface area (Å²) < 4.78 is 7.95. The Morgan fingerprint density at radius 2 is 2.00 bits per heavy atom. The van der Waals surface area contributed by atoms with Crippen molar-refractivity contribution in [1.82, 2.24) is 14.9 Å². The van der Waals surface area contributed by atoms with Crippen LogP contribution in [0.25, 0.3) is 11.0 Å². The molecule has 20 heavy (non-hydrogen) atoms. The fourth-order valence-electron chi connectivity index (χ4n) is 2.53. The topological polar surface area (TPSA) is 39.1 Å². The van der Waals surface area contributed by atoms with Gasteiger partial charge in [0.05, 0.1) is 23.2 Å². The maximum absolute atomic E-state index is 5.69. The highest BCUT2D eigenvalue weighted by atomic mass is 16.5. The molecule has 0 atom stereocenters. The Bertz CT molecular complexity index is 560. The van der Waals surface area contributed by atoms with E-state index in [1.54, 1.807) is 0 Å². The number of aromatic nitrogens is 2. The smallest absolute Gasteiger partial charge is 0.123 e. The highest BCUT2D eigenvalue weighted by Crippen LogP contribution is 2.16. The summed E-state index contributed by atoms with van der Waals surface area (Å²) in [4.78, 5) is 4.71. The van der Waals surface area contributed by atoms with Crippen LogP contribution in [0.4, 0.5) is 0 Å². The van der Waals surface area contributed by atoms with Crippen LogP contribution in [0.15, 0.2) is 24.3 Å². The molecule has 0 amide bonds. The van der Waals surface area contributed by atoms with Gasteiger partial charge in [-0.3, -0.25) is 0 Å². The zero-order chi connectivity index (χ0) is 14.6. The van der Waals surface area contributed by atoms with Gasteiger partial charge in [-0.25, -0.2) is 4.98 Å². The van der Waals surface area contributed by atoms with Crippen molar-refractivity contribution >= 4 is 11.0 Å². The predicted octanol–water partition coefficient (Wildman–Crippen LogP) is 2.96. The molecule has 0 saturated carbocycles. The van der Waals surface area contributed by atoms with Crippen LogP contribution in [-0.4, -0.2) is 28.3 Å². The van der Waals surface area contributed by atoms with Crippen LogP contribution in [0.1, 0.15) is 33.5 Å². The van der Waals surface area contributed by atoms with Gasteiger partial charge in [0.25, 0.3) is 0 Å². The molecule has 0 fully saturated rings. The van der Waals surface area contributed by atoms with E-state index in [0.29, 0.717) is 0 Å². The van der Waals surface area contributed by atoms with Crippen LogP contribution in [0.2, 0.25) is 0 Å². The van der Waals surface area contributed by atoms with E-state index in [1.165, 1.54) is 5.52 Å². The first kappa shape index (κ1) is 15.0. The first-order chi connectivity index (χ1) is 9.57. The molecule has 1 aromatic carbocycles. The monoisotopic (exact) mass is 275 g/mol. The fourth-order valence-corrected chi connectivity index (χ4v) is 2.53. The molecule has 0 aliphatic heterocycles. The van der Waals surface area contributed by atoms with Crippen molar-refractivity contribution in [3.63, 3.8) is 0 Å². The first-order valence-corrected chi connectivity index (χ1v) is 7.36. The third-order valence-electron chi connectivity index (χ3n) is 3.42. The number of nitrogens with zero attached hydrogens (tertiary/aromatic N) is 2. The zero-order valence-electron chi connectivity index (χ0n) is 12.9. The average Bonchev–Trinajstić information content (AvgIpc) is 2.75. The van der Waals surface area contributed by atoms with E-state index < -0.39 is 0 Å². The molecule has 1 N–H and O–H groups in total. The van der Waals surface area contributed by atoms with Crippen molar-refractivity contribution in [3.8, 4) is 0 Å². The van der Waals surface area contributed by atoms with Crippen LogP contribution in [0.5, 0.6) is 0 Å². The normalized spacial score (nSPS) is 12.2. The molecule has 0 spiro atoms. The molecule has 0 saturated heterocycles. The molecule has 110 valence electrons. The molecule has 0 aliphatic rings. The molecule has 2 rings (SSSR count). The van der Waals surface area contributed by atoms with Crippen LogP contribution >= 0.6 is 0 Å². The van der Waals surface area contributed by atoms with Crippen molar-refractivity contribution in [2.45, 2.75) is 46.4 Å². The standard InChI is InChI=1S/C16H25N3O/c1-5-19-14-10-8-7-9-13(14)18-15(19)11-17-12-16(3,4)20-6-2/h7-10,17H,5-6,11-12H2,1-4H3. The second-order valence-corrected chi connectivity index (χ2v) is 5.56. The molecule has 0 bridgehead atoms. The van der Waals surface area contributed by atoms with E-state index in [2.05, 4.69) is 48.9 Å². The summed E-state index contributed by atoms with van der Waals surface area (Å²) in [6, 6.07) is 8.28. The maximum Gasteiger partial charge on any atom is 0.123 e. The van der Waals surface area contributed by atoms with E-state index in [-0.39, 0.29) is 5.60 Å². The number of nitrogens with one attached hydrogen (secondary N) is 1. The van der Waals surface area contributed by atoms with Crippen molar-refractivity contribution in [3.05, 3.63) is 30.1 Å². The maximum atomic E-state index is 5.69. The van der Waals surface area contributed by atoms with Gasteiger partial charge in [0.2, 0.25) is 0 Å². The van der Waals surface area contributed by atoms with Gasteiger partial charge in [-0.15, -0.1) is 0 Å². The molecule has 1 heterocycles. The van der Waals surface area contributed by atoms with Crippen LogP contribution in [-0.2, 0) is 17.8 Å². The van der Waals surface area contributed by atoms with E-state index >= 15 is 0 Å². The quantitative estimate of drug-likeness (QED) is 0.844. The van der Waals surface area contributed by atoms with Gasteiger partial charge in [0.1, 0.15) is 5.82 Å². The van der Waals surface area contributed by atoms with Gasteiger partial charge >= 0.3 is 0 Å². The summed E-state index contributed by atoms with van der Waals surface area (Å²) in [6.45, 7) is 11.6. The summed E-state index contributed by atoms with van der Waals surface area (Å²) in [7, 11) is 0. The first-order valence-electron chi connectivity index (χ1n) is 7.36. The number of para-hydroxylation sites is 2. The largest absolute Gasteiger partial charge is 0.375 e. The number of benzene rings is 1. The van der Waals surface area contributed by atoms with Crippen molar-refractivity contribution in [2.24, 2.45) is 0 Å². The van der Waals surface area contributed by atoms with Gasteiger partial charge < -0.3 is 14.6 Å². The minimum atomic E-state index is -0.141. The number of ether oxygens (including phenoxy) is 1. The minimum absolute atomic E-state index is 0.141. The number of aryl methyl sites for hydroxylation is 1. The molecule has 4 heteroatoms. The van der Waals surface area contributed by atoms with Gasteiger partial charge in [0.15, 0.2) is 0 Å². The Morgan fingerprint density at radius 1 is 1.25 bits per heavy atom. The summed E-state index contributed by atoms with van der Waals surface area (Å²) in [5.41, 5.74) is 2.13. The second kappa shape index (κ2) is 6.37. The zero-order valence-corrected chi connectivity index (χ0v) is 12.9. The summed E-state index contributed by atoms with van der Waals surface area (Å²) in [6.07, 6.45) is 0. The Kier molecular flexibility index (Phi) is 4.78. The highest BCUT2D eigenvalue weighted by molar-refractivity contribution is 5.75. The second-order valence-electron chi connectivity index (χ2n) is 5.56. The lowest BCUT2D eigenvalue weighted by molar-refractivity contribution is -0.00909. The molecule has 0 radical (unpaired) electrons. The molecule has 0 aliphatic carbocycles. The van der Waals surface area contributed by atoms with Crippen LogP contribution < -0.4 is 5.32 Å². The lowest BCUT2D eigenvalue weighted by Gasteiger charge is -2.25. The number of hydrogen-bond acceptors (Lipinski definition) is 3. The lowest BCUT2D eigenvalue weighted by atomic mass is 10.1. The minimum Gasteiger partial charge on any atom is -0.375 e. The van der Waals surface area contributed by atoms with Gasteiger partial charge in [-0.05, 0) is 39.8 Å². The molecular formula is C16H25N3O. The summed E-state index contributed by atoms with van der Waals surface area (Å²) in [5.74, 6) is 1.08. The Hall–Kier alpha value is -1.39. The van der Waals surface area contributed by atoms with Crippen molar-refractivity contribution in [1.29, 1.82) is 0 Å². The third-order valence-corrected chi connectivity index (χ3v) is 3.42. The summed E-state index contributed by atoms with van der Waals surface area (Å²) in [5, 5.41) is 3.45. The van der Waals surface area contributed by atoms with Crippen LogP contribution in [0, 0.1) is 0 Å².